The number of hydrogen-bond donors (Lipinski definition) is 1. The van der Waals surface area contributed by atoms with E-state index in [1.54, 1.807) is 25.2 Å². The number of methoxy groups -OCH3 is 3. The number of para-hydroxylation sites is 1. The number of aromatic amines is 1. The molecule has 7 heteroatoms. The number of rotatable bonds is 9. The number of aryl methyl sites for hydroxylation is 1. The number of hydrogen-bond acceptors (Lipinski definition) is 6. The fourth-order valence-electron chi connectivity index (χ4n) is 3.55. The van der Waals surface area contributed by atoms with Crippen molar-refractivity contribution < 1.29 is 23.8 Å². The third-order valence-electron chi connectivity index (χ3n) is 4.94. The molecule has 0 aliphatic heterocycles. The predicted octanol–water partition coefficient (Wildman–Crippen LogP) is 3.35. The molecule has 0 bridgehead atoms. The average Bonchev–Trinajstić information content (AvgIpc) is 3.08. The number of benzene rings is 2. The van der Waals surface area contributed by atoms with E-state index in [1.807, 2.05) is 43.3 Å². The molecule has 1 aromatic heterocycles. The van der Waals surface area contributed by atoms with Crippen LogP contribution in [0.1, 0.15) is 21.6 Å². The summed E-state index contributed by atoms with van der Waals surface area (Å²) in [6.45, 7) is 2.29. The van der Waals surface area contributed by atoms with E-state index in [4.69, 9.17) is 14.2 Å². The van der Waals surface area contributed by atoms with Gasteiger partial charge in [-0.1, -0.05) is 18.2 Å². The lowest BCUT2D eigenvalue weighted by Crippen LogP contribution is -2.34. The van der Waals surface area contributed by atoms with Crippen molar-refractivity contribution in [3.63, 3.8) is 0 Å². The van der Waals surface area contributed by atoms with Gasteiger partial charge in [0.1, 0.15) is 11.5 Å². The number of nitrogens with zero attached hydrogens (tertiary/aromatic N) is 1. The van der Waals surface area contributed by atoms with E-state index in [-0.39, 0.29) is 18.9 Å². The van der Waals surface area contributed by atoms with Crippen LogP contribution in [0.4, 0.5) is 0 Å². The Morgan fingerprint density at radius 3 is 2.27 bits per heavy atom. The van der Waals surface area contributed by atoms with Crippen molar-refractivity contribution in [2.24, 2.45) is 0 Å². The molecule has 1 heterocycles. The predicted molar refractivity (Wildman–Crippen MR) is 114 cm³/mol. The second-order valence-corrected chi connectivity index (χ2v) is 7.04. The minimum atomic E-state index is -0.409. The molecule has 0 saturated heterocycles. The van der Waals surface area contributed by atoms with Crippen molar-refractivity contribution in [3.05, 3.63) is 59.3 Å². The van der Waals surface area contributed by atoms with Gasteiger partial charge in [0.05, 0.1) is 34.4 Å². The summed E-state index contributed by atoms with van der Waals surface area (Å²) in [6, 6.07) is 13.2. The van der Waals surface area contributed by atoms with Crippen molar-refractivity contribution in [3.8, 4) is 11.5 Å². The van der Waals surface area contributed by atoms with Crippen LogP contribution in [0.25, 0.3) is 10.9 Å². The quantitative estimate of drug-likeness (QED) is 0.430. The summed E-state index contributed by atoms with van der Waals surface area (Å²) < 4.78 is 15.5. The van der Waals surface area contributed by atoms with Crippen LogP contribution in [0.5, 0.6) is 11.5 Å². The van der Waals surface area contributed by atoms with Gasteiger partial charge in [-0.25, -0.2) is 0 Å². The first-order valence-electron chi connectivity index (χ1n) is 9.56. The van der Waals surface area contributed by atoms with Gasteiger partial charge in [-0.15, -0.1) is 0 Å². The number of fused-ring (bicyclic) bond motifs is 1. The Morgan fingerprint density at radius 1 is 0.967 bits per heavy atom. The highest BCUT2D eigenvalue weighted by Gasteiger charge is 2.21. The lowest BCUT2D eigenvalue weighted by molar-refractivity contribution is -0.141. The molecule has 0 saturated carbocycles. The molecule has 1 N–H and O–H groups in total. The lowest BCUT2D eigenvalue weighted by atomic mass is 10.1. The van der Waals surface area contributed by atoms with Crippen molar-refractivity contribution in [2.75, 3.05) is 34.4 Å². The molecule has 7 nitrogen and oxygen atoms in total. The second kappa shape index (κ2) is 9.45. The third kappa shape index (κ3) is 4.80. The molecule has 3 rings (SSSR count). The maximum absolute atomic E-state index is 13.2. The van der Waals surface area contributed by atoms with Gasteiger partial charge in [0.25, 0.3) is 0 Å². The van der Waals surface area contributed by atoms with E-state index in [9.17, 15) is 9.59 Å². The third-order valence-corrected chi connectivity index (χ3v) is 4.94. The first kappa shape index (κ1) is 21.4. The van der Waals surface area contributed by atoms with Gasteiger partial charge < -0.3 is 19.2 Å². The minimum absolute atomic E-state index is 0.0107. The molecule has 0 unspecified atom stereocenters. The summed E-state index contributed by atoms with van der Waals surface area (Å²) in [4.78, 5) is 30.2. The zero-order valence-electron chi connectivity index (χ0n) is 17.7. The molecule has 0 atom stereocenters. The van der Waals surface area contributed by atoms with Crippen molar-refractivity contribution in [2.45, 2.75) is 13.5 Å². The Labute approximate surface area is 175 Å². The molecule has 0 amide bonds. The molecule has 158 valence electrons. The Balaban J connectivity index is 1.88. The van der Waals surface area contributed by atoms with Gasteiger partial charge in [0.15, 0.2) is 5.78 Å². The van der Waals surface area contributed by atoms with Crippen LogP contribution >= 0.6 is 0 Å². The SMILES string of the molecule is COC(=O)CN(CC(=O)c1c(C)[nH]c2ccccc12)Cc1cc(OC)cc(OC)c1. The van der Waals surface area contributed by atoms with E-state index >= 15 is 0 Å². The number of carbonyl (C=O) groups is 2. The van der Waals surface area contributed by atoms with Crippen LogP contribution < -0.4 is 9.47 Å². The summed E-state index contributed by atoms with van der Waals surface area (Å²) in [7, 11) is 4.49. The summed E-state index contributed by atoms with van der Waals surface area (Å²) in [6.07, 6.45) is 0. The van der Waals surface area contributed by atoms with Crippen LogP contribution in [0.15, 0.2) is 42.5 Å². The van der Waals surface area contributed by atoms with Crippen molar-refractivity contribution in [1.82, 2.24) is 9.88 Å². The number of aromatic nitrogens is 1. The van der Waals surface area contributed by atoms with E-state index in [0.717, 1.165) is 22.2 Å². The van der Waals surface area contributed by atoms with E-state index in [2.05, 4.69) is 4.98 Å². The molecule has 0 aliphatic rings. The van der Waals surface area contributed by atoms with Gasteiger partial charge in [0, 0.05) is 34.8 Å². The number of ketones is 1. The van der Waals surface area contributed by atoms with Crippen molar-refractivity contribution in [1.29, 1.82) is 0 Å². The number of carbonyl (C=O) groups excluding carboxylic acids is 2. The normalized spacial score (nSPS) is 11.0. The van der Waals surface area contributed by atoms with Crippen LogP contribution in [0.3, 0.4) is 0 Å². The fraction of sp³-hybridized carbons (Fsp3) is 0.304. The molecule has 0 fully saturated rings. The van der Waals surface area contributed by atoms with Crippen LogP contribution in [0.2, 0.25) is 0 Å². The Bertz CT molecular complexity index is 1030. The van der Waals surface area contributed by atoms with Gasteiger partial charge in [-0.2, -0.15) is 0 Å². The maximum atomic E-state index is 13.2. The number of ether oxygens (including phenoxy) is 3. The molecule has 0 radical (unpaired) electrons. The molecule has 30 heavy (non-hydrogen) atoms. The highest BCUT2D eigenvalue weighted by Crippen LogP contribution is 2.25. The molecule has 2 aromatic carbocycles. The maximum Gasteiger partial charge on any atom is 0.319 e. The highest BCUT2D eigenvalue weighted by molar-refractivity contribution is 6.10. The zero-order valence-corrected chi connectivity index (χ0v) is 17.7. The first-order chi connectivity index (χ1) is 14.4. The summed E-state index contributed by atoms with van der Waals surface area (Å²) >= 11 is 0. The van der Waals surface area contributed by atoms with Crippen LogP contribution in [-0.4, -0.2) is 56.1 Å². The Hall–Kier alpha value is -3.32. The van der Waals surface area contributed by atoms with E-state index in [1.165, 1.54) is 7.11 Å². The standard InChI is InChI=1S/C23H26N2O5/c1-15-23(19-7-5-6-8-20(19)24-15)21(26)13-25(14-22(27)30-4)12-16-9-17(28-2)11-18(10-16)29-3/h5-11,24H,12-14H2,1-4H3. The van der Waals surface area contributed by atoms with E-state index in [0.29, 0.717) is 23.6 Å². The number of nitrogens with one attached hydrogen (secondary N) is 1. The van der Waals surface area contributed by atoms with Crippen LogP contribution in [0, 0.1) is 6.92 Å². The lowest BCUT2D eigenvalue weighted by Gasteiger charge is -2.21. The molecular weight excluding hydrogens is 384 g/mol. The highest BCUT2D eigenvalue weighted by atomic mass is 16.5. The molecule has 0 spiro atoms. The zero-order chi connectivity index (χ0) is 21.7. The Morgan fingerprint density at radius 2 is 1.63 bits per heavy atom. The largest absolute Gasteiger partial charge is 0.497 e. The van der Waals surface area contributed by atoms with Gasteiger partial charge in [-0.05, 0) is 30.7 Å². The van der Waals surface area contributed by atoms with Gasteiger partial charge in [-0.3, -0.25) is 14.5 Å². The van der Waals surface area contributed by atoms with Gasteiger partial charge >= 0.3 is 5.97 Å². The van der Waals surface area contributed by atoms with Crippen LogP contribution in [-0.2, 0) is 16.1 Å². The number of H-pyrrole nitrogens is 1. The Kier molecular flexibility index (Phi) is 6.74. The monoisotopic (exact) mass is 410 g/mol. The molecule has 0 aliphatic carbocycles. The summed E-state index contributed by atoms with van der Waals surface area (Å²) in [5.74, 6) is 0.805. The topological polar surface area (TPSA) is 80.9 Å². The number of esters is 1. The first-order valence-corrected chi connectivity index (χ1v) is 9.56. The average molecular weight is 410 g/mol. The fourth-order valence-corrected chi connectivity index (χ4v) is 3.55. The van der Waals surface area contributed by atoms with E-state index < -0.39 is 5.97 Å². The smallest absolute Gasteiger partial charge is 0.319 e. The molecule has 3 aromatic rings. The minimum Gasteiger partial charge on any atom is -0.497 e. The van der Waals surface area contributed by atoms with Gasteiger partial charge in [0.2, 0.25) is 0 Å². The van der Waals surface area contributed by atoms with Crippen molar-refractivity contribution >= 4 is 22.7 Å². The number of Topliss-reactive ketones (excluding diaryl/α,β-unsaturated/α-hetero) is 1. The molecular formula is C23H26N2O5. The second-order valence-electron chi connectivity index (χ2n) is 7.04. The summed E-state index contributed by atoms with van der Waals surface area (Å²) in [5.41, 5.74) is 3.22. The summed E-state index contributed by atoms with van der Waals surface area (Å²) in [5, 5.41) is 0.876.